The van der Waals surface area contributed by atoms with Gasteiger partial charge < -0.3 is 19.6 Å². The molecule has 13 heteroatoms. The molecule has 0 saturated carbocycles. The van der Waals surface area contributed by atoms with Crippen molar-refractivity contribution in [3.63, 3.8) is 0 Å². The highest BCUT2D eigenvalue weighted by Gasteiger charge is 2.46. The van der Waals surface area contributed by atoms with Crippen molar-refractivity contribution >= 4 is 23.7 Å². The fourth-order valence-corrected chi connectivity index (χ4v) is 4.21. The van der Waals surface area contributed by atoms with Crippen molar-refractivity contribution in [2.24, 2.45) is 5.92 Å². The number of carbonyl (C=O) groups excluding carboxylic acids is 3. The van der Waals surface area contributed by atoms with E-state index in [2.05, 4.69) is 10.8 Å². The van der Waals surface area contributed by atoms with Crippen LogP contribution in [-0.2, 0) is 22.4 Å². The molecule has 0 radical (unpaired) electrons. The second-order valence-corrected chi connectivity index (χ2v) is 8.18. The lowest BCUT2D eigenvalue weighted by Gasteiger charge is -2.40. The third kappa shape index (κ3) is 4.61. The number of rotatable bonds is 6. The molecule has 2 heterocycles. The van der Waals surface area contributed by atoms with Crippen molar-refractivity contribution < 1.29 is 41.9 Å². The summed E-state index contributed by atoms with van der Waals surface area (Å²) in [4.78, 5) is 45.3. The second kappa shape index (κ2) is 9.57. The number of urea groups is 1. The lowest BCUT2D eigenvalue weighted by Crippen LogP contribution is -2.62. The topological polar surface area (TPSA) is 109 Å². The number of nitrogens with zero attached hydrogens (tertiary/aromatic N) is 2. The van der Waals surface area contributed by atoms with Crippen LogP contribution in [0.4, 0.5) is 28.4 Å². The molecular weight excluding hydrogens is 485 g/mol. The molecule has 36 heavy (non-hydrogen) atoms. The molecule has 2 saturated heterocycles. The predicted molar refractivity (Wildman–Crippen MR) is 119 cm³/mol. The Bertz CT molecular complexity index is 1200. The van der Waals surface area contributed by atoms with Gasteiger partial charge in [-0.25, -0.2) is 9.59 Å². The lowest BCUT2D eigenvalue weighted by atomic mass is 9.98. The maximum atomic E-state index is 13.5. The Balaban J connectivity index is 1.73. The molecule has 4 amide bonds. The highest BCUT2D eigenvalue weighted by Crippen LogP contribution is 2.36. The summed E-state index contributed by atoms with van der Waals surface area (Å²) in [6.45, 7) is 0.731. The van der Waals surface area contributed by atoms with Crippen LogP contribution in [0, 0.1) is 12.8 Å². The number of hydrogen-bond donors (Lipinski definition) is 2. The van der Waals surface area contributed by atoms with E-state index in [4.69, 9.17) is 14.3 Å². The summed E-state index contributed by atoms with van der Waals surface area (Å²) < 4.78 is 50.9. The number of nitrogens with one attached hydrogen (secondary N) is 2. The number of halogens is 3. The summed E-state index contributed by atoms with van der Waals surface area (Å²) in [5, 5.41) is 2.46. The maximum absolute atomic E-state index is 13.5. The first-order valence-corrected chi connectivity index (χ1v) is 10.8. The molecule has 2 N–H and O–H groups in total. The summed E-state index contributed by atoms with van der Waals surface area (Å²) in [6.07, 6.45) is -6.37. The fraction of sp³-hybridized carbons (Fsp3) is 0.348. The minimum Gasteiger partial charge on any atom is -0.493 e. The van der Waals surface area contributed by atoms with Gasteiger partial charge in [-0.05, 0) is 36.2 Å². The summed E-state index contributed by atoms with van der Waals surface area (Å²) in [5.74, 6) is -0.953. The van der Waals surface area contributed by atoms with Gasteiger partial charge in [0.25, 0.3) is 0 Å². The van der Waals surface area contributed by atoms with Crippen molar-refractivity contribution in [2.45, 2.75) is 25.8 Å². The van der Waals surface area contributed by atoms with Gasteiger partial charge in [-0.1, -0.05) is 12.1 Å². The van der Waals surface area contributed by atoms with E-state index >= 15 is 0 Å². The Morgan fingerprint density at radius 1 is 1.08 bits per heavy atom. The zero-order chi connectivity index (χ0) is 26.2. The second-order valence-electron chi connectivity index (χ2n) is 8.18. The molecule has 192 valence electrons. The molecule has 0 aliphatic carbocycles. The van der Waals surface area contributed by atoms with E-state index < -0.39 is 48.4 Å². The van der Waals surface area contributed by atoms with Gasteiger partial charge in [0.2, 0.25) is 5.91 Å². The summed E-state index contributed by atoms with van der Waals surface area (Å²) in [6, 6.07) is 7.53. The lowest BCUT2D eigenvalue weighted by molar-refractivity contribution is -0.138. The van der Waals surface area contributed by atoms with E-state index in [1.165, 1.54) is 44.2 Å². The monoisotopic (exact) mass is 508 g/mol. The number of ether oxygens (including phenoxy) is 2. The average molecular weight is 508 g/mol. The van der Waals surface area contributed by atoms with E-state index in [0.29, 0.717) is 17.2 Å². The van der Waals surface area contributed by atoms with E-state index in [1.807, 2.05) is 0 Å². The SMILES string of the molecule is COc1ccc(N2CC(C3NOC(=O)N3)C(=O)N(Cc3cccc(C(F)(F)F)c3C)C2=O)cc1OC. The number of imide groups is 1. The number of hydroxylamine groups is 1. The standard InChI is InChI=1S/C23H23F3N4O6/c1-12-13(5-4-6-16(12)23(24,25)26)10-30-20(31)15(19-27-21(32)36-28-19)11-29(22(30)33)14-7-8-17(34-2)18(9-14)35-3/h4-9,15,19,28H,10-11H2,1-3H3,(H,27,32). The zero-order valence-electron chi connectivity index (χ0n) is 19.5. The van der Waals surface area contributed by atoms with Crippen LogP contribution in [0.25, 0.3) is 0 Å². The Morgan fingerprint density at radius 3 is 2.42 bits per heavy atom. The predicted octanol–water partition coefficient (Wildman–Crippen LogP) is 3.19. The third-order valence-electron chi connectivity index (χ3n) is 6.14. The number of carbonyl (C=O) groups is 3. The van der Waals surface area contributed by atoms with Crippen LogP contribution >= 0.6 is 0 Å². The van der Waals surface area contributed by atoms with Crippen molar-refractivity contribution in [3.05, 3.63) is 53.1 Å². The van der Waals surface area contributed by atoms with Crippen molar-refractivity contribution in [2.75, 3.05) is 25.7 Å². The molecule has 2 unspecified atom stereocenters. The van der Waals surface area contributed by atoms with Gasteiger partial charge in [0.15, 0.2) is 11.5 Å². The van der Waals surface area contributed by atoms with Crippen LogP contribution in [0.1, 0.15) is 16.7 Å². The number of hydrogen-bond acceptors (Lipinski definition) is 7. The molecule has 2 aliphatic heterocycles. The van der Waals surface area contributed by atoms with Crippen LogP contribution in [0.15, 0.2) is 36.4 Å². The molecule has 10 nitrogen and oxygen atoms in total. The first-order chi connectivity index (χ1) is 17.0. The third-order valence-corrected chi connectivity index (χ3v) is 6.14. The van der Waals surface area contributed by atoms with Crippen molar-refractivity contribution in [1.29, 1.82) is 0 Å². The number of methoxy groups -OCH3 is 2. The van der Waals surface area contributed by atoms with Crippen LogP contribution < -0.4 is 25.2 Å². The van der Waals surface area contributed by atoms with E-state index in [-0.39, 0.29) is 17.7 Å². The molecule has 2 fully saturated rings. The normalized spacial score (nSPS) is 20.3. The number of amides is 4. The molecule has 0 aromatic heterocycles. The molecule has 2 aromatic rings. The van der Waals surface area contributed by atoms with Crippen molar-refractivity contribution in [1.82, 2.24) is 15.7 Å². The highest BCUT2D eigenvalue weighted by molar-refractivity contribution is 6.07. The summed E-state index contributed by atoms with van der Waals surface area (Å²) in [5.41, 5.74) is 1.97. The largest absolute Gasteiger partial charge is 0.493 e. The molecular formula is C23H23F3N4O6. The van der Waals surface area contributed by atoms with Crippen molar-refractivity contribution in [3.8, 4) is 11.5 Å². The summed E-state index contributed by atoms with van der Waals surface area (Å²) >= 11 is 0. The van der Waals surface area contributed by atoms with E-state index in [0.717, 1.165) is 11.0 Å². The molecule has 0 bridgehead atoms. The average Bonchev–Trinajstić information content (AvgIpc) is 3.27. The first kappa shape index (κ1) is 25.1. The molecule has 4 rings (SSSR count). The molecule has 2 aliphatic rings. The van der Waals surface area contributed by atoms with Gasteiger partial charge in [0.1, 0.15) is 6.17 Å². The Kier molecular flexibility index (Phi) is 6.67. The van der Waals surface area contributed by atoms with Crippen LogP contribution in [0.5, 0.6) is 11.5 Å². The Labute approximate surface area is 203 Å². The van der Waals surface area contributed by atoms with E-state index in [9.17, 15) is 27.6 Å². The number of anilines is 1. The van der Waals surface area contributed by atoms with Gasteiger partial charge in [-0.3, -0.25) is 14.6 Å². The number of alkyl halides is 3. The highest BCUT2D eigenvalue weighted by atomic mass is 19.4. The minimum atomic E-state index is -4.60. The minimum absolute atomic E-state index is 0.0963. The molecule has 2 aromatic carbocycles. The maximum Gasteiger partial charge on any atom is 0.427 e. The molecule has 2 atom stereocenters. The fourth-order valence-electron chi connectivity index (χ4n) is 4.21. The van der Waals surface area contributed by atoms with Gasteiger partial charge in [0, 0.05) is 18.3 Å². The Morgan fingerprint density at radius 2 is 1.81 bits per heavy atom. The van der Waals surface area contributed by atoms with Crippen LogP contribution in [0.2, 0.25) is 0 Å². The van der Waals surface area contributed by atoms with Crippen LogP contribution in [0.3, 0.4) is 0 Å². The van der Waals surface area contributed by atoms with E-state index in [1.54, 1.807) is 12.1 Å². The van der Waals surface area contributed by atoms with Gasteiger partial charge >= 0.3 is 18.3 Å². The molecule has 0 spiro atoms. The smallest absolute Gasteiger partial charge is 0.427 e. The first-order valence-electron chi connectivity index (χ1n) is 10.8. The number of benzene rings is 2. The summed E-state index contributed by atoms with van der Waals surface area (Å²) in [7, 11) is 2.87. The Hall–Kier alpha value is -4.00. The van der Waals surface area contributed by atoms with Gasteiger partial charge in [0.05, 0.1) is 32.2 Å². The van der Waals surface area contributed by atoms with Crippen LogP contribution in [-0.4, -0.2) is 49.9 Å². The van der Waals surface area contributed by atoms with Gasteiger partial charge in [-0.2, -0.15) is 13.2 Å². The quantitative estimate of drug-likeness (QED) is 0.617. The van der Waals surface area contributed by atoms with Gasteiger partial charge in [-0.15, -0.1) is 5.48 Å². The zero-order valence-corrected chi connectivity index (χ0v) is 19.5.